The maximum Gasteiger partial charge on any atom is 0.200 e. The van der Waals surface area contributed by atoms with Gasteiger partial charge in [0.1, 0.15) is 0 Å². The van der Waals surface area contributed by atoms with Gasteiger partial charge in [0, 0.05) is 27.4 Å². The van der Waals surface area contributed by atoms with E-state index in [4.69, 9.17) is 5.84 Å². The summed E-state index contributed by atoms with van der Waals surface area (Å²) >= 11 is 6.93. The third kappa shape index (κ3) is 3.80. The Kier molecular flexibility index (Phi) is 4.81. The first-order chi connectivity index (χ1) is 8.54. The van der Waals surface area contributed by atoms with Gasteiger partial charge in [0.05, 0.1) is 6.10 Å². The number of hydrogen-bond acceptors (Lipinski definition) is 2. The smallest absolute Gasteiger partial charge is 0.200 e. The molecule has 2 rings (SSSR count). The summed E-state index contributed by atoms with van der Waals surface area (Å²) in [7, 11) is 0. The number of nitrogens with zero attached hydrogens (tertiary/aromatic N) is 1. The molecular formula is C13H17Br2N2O+. The predicted molar refractivity (Wildman–Crippen MR) is 79.7 cm³/mol. The molecule has 0 unspecified atom stereocenters. The van der Waals surface area contributed by atoms with Gasteiger partial charge in [-0.15, -0.1) is 4.68 Å². The van der Waals surface area contributed by atoms with E-state index in [9.17, 15) is 5.11 Å². The van der Waals surface area contributed by atoms with Gasteiger partial charge in [-0.2, -0.15) is 0 Å². The molecule has 0 heterocycles. The Morgan fingerprint density at radius 3 is 2.22 bits per heavy atom. The Morgan fingerprint density at radius 1 is 1.11 bits per heavy atom. The molecular weight excluding hydrogens is 360 g/mol. The van der Waals surface area contributed by atoms with Gasteiger partial charge in [0.25, 0.3) is 0 Å². The quantitative estimate of drug-likeness (QED) is 0.361. The van der Waals surface area contributed by atoms with Gasteiger partial charge in [0.15, 0.2) is 6.04 Å². The monoisotopic (exact) mass is 375 g/mol. The lowest BCUT2D eigenvalue weighted by Gasteiger charge is -2.21. The maximum absolute atomic E-state index is 9.49. The van der Waals surface area contributed by atoms with Crippen LogP contribution in [0.4, 0.5) is 0 Å². The van der Waals surface area contributed by atoms with Gasteiger partial charge in [0.2, 0.25) is 6.21 Å². The number of hydrogen-bond donors (Lipinski definition) is 2. The number of benzene rings is 1. The summed E-state index contributed by atoms with van der Waals surface area (Å²) < 4.78 is 3.83. The molecule has 1 aromatic carbocycles. The van der Waals surface area contributed by atoms with Crippen molar-refractivity contribution in [3.63, 3.8) is 0 Å². The van der Waals surface area contributed by atoms with Crippen LogP contribution in [0.25, 0.3) is 0 Å². The Bertz CT molecular complexity index is 434. The molecule has 1 saturated carbocycles. The normalized spacial score (nSPS) is 25.2. The van der Waals surface area contributed by atoms with E-state index in [2.05, 4.69) is 31.9 Å². The molecule has 1 fully saturated rings. The summed E-state index contributed by atoms with van der Waals surface area (Å²) in [5.41, 5.74) is 1.06. The van der Waals surface area contributed by atoms with Crippen LogP contribution < -0.4 is 5.84 Å². The Labute approximate surface area is 124 Å². The highest BCUT2D eigenvalue weighted by Crippen LogP contribution is 2.21. The summed E-state index contributed by atoms with van der Waals surface area (Å²) in [6.45, 7) is 0. The van der Waals surface area contributed by atoms with Crippen LogP contribution in [0.2, 0.25) is 0 Å². The summed E-state index contributed by atoms with van der Waals surface area (Å²) in [5.74, 6) is 6.09. The van der Waals surface area contributed by atoms with E-state index in [1.54, 1.807) is 4.68 Å². The van der Waals surface area contributed by atoms with E-state index < -0.39 is 0 Å². The lowest BCUT2D eigenvalue weighted by atomic mass is 9.93. The van der Waals surface area contributed by atoms with Gasteiger partial charge in [-0.1, -0.05) is 31.9 Å². The largest absolute Gasteiger partial charge is 0.393 e. The van der Waals surface area contributed by atoms with Crippen molar-refractivity contribution in [2.45, 2.75) is 37.8 Å². The van der Waals surface area contributed by atoms with Crippen molar-refractivity contribution in [2.75, 3.05) is 0 Å². The zero-order valence-corrected chi connectivity index (χ0v) is 13.2. The fraction of sp³-hybridized carbons (Fsp3) is 0.462. The number of rotatable bonds is 2. The Morgan fingerprint density at radius 2 is 1.67 bits per heavy atom. The number of halogens is 2. The van der Waals surface area contributed by atoms with Crippen molar-refractivity contribution < 1.29 is 9.79 Å². The molecule has 1 aliphatic rings. The highest BCUT2D eigenvalue weighted by molar-refractivity contribution is 9.11. The molecule has 0 aromatic heterocycles. The highest BCUT2D eigenvalue weighted by Gasteiger charge is 2.26. The SMILES string of the molecule is N[N+](=Cc1cc(Br)cc(Br)c1)C1CCC(O)CC1. The first kappa shape index (κ1) is 14.0. The molecule has 0 amide bonds. The predicted octanol–water partition coefficient (Wildman–Crippen LogP) is 2.82. The van der Waals surface area contributed by atoms with Crippen molar-refractivity contribution in [1.29, 1.82) is 0 Å². The van der Waals surface area contributed by atoms with Crippen molar-refractivity contribution in [2.24, 2.45) is 5.84 Å². The minimum atomic E-state index is -0.144. The number of aliphatic hydroxyl groups is 1. The van der Waals surface area contributed by atoms with E-state index in [-0.39, 0.29) is 6.10 Å². The van der Waals surface area contributed by atoms with Gasteiger partial charge < -0.3 is 5.11 Å². The second-order valence-electron chi connectivity index (χ2n) is 4.74. The van der Waals surface area contributed by atoms with Gasteiger partial charge in [-0.25, -0.2) is 5.84 Å². The van der Waals surface area contributed by atoms with Gasteiger partial charge >= 0.3 is 0 Å². The molecule has 0 spiro atoms. The van der Waals surface area contributed by atoms with Crippen LogP contribution in [0.1, 0.15) is 31.2 Å². The third-order valence-corrected chi connectivity index (χ3v) is 4.19. The van der Waals surface area contributed by atoms with Crippen LogP contribution in [0.15, 0.2) is 27.1 Å². The van der Waals surface area contributed by atoms with Crippen molar-refractivity contribution in [1.82, 2.24) is 0 Å². The average molecular weight is 377 g/mol. The van der Waals surface area contributed by atoms with E-state index in [1.165, 1.54) is 0 Å². The molecule has 98 valence electrons. The molecule has 0 radical (unpaired) electrons. The molecule has 0 bridgehead atoms. The number of hydrazine groups is 1. The van der Waals surface area contributed by atoms with Crippen LogP contribution in [0.5, 0.6) is 0 Å². The molecule has 18 heavy (non-hydrogen) atoms. The van der Waals surface area contributed by atoms with Crippen molar-refractivity contribution in [3.05, 3.63) is 32.7 Å². The van der Waals surface area contributed by atoms with Crippen LogP contribution >= 0.6 is 31.9 Å². The number of hydrazone groups is 1. The minimum Gasteiger partial charge on any atom is -0.393 e. The topological polar surface area (TPSA) is 49.3 Å². The molecule has 3 nitrogen and oxygen atoms in total. The zero-order chi connectivity index (χ0) is 13.1. The summed E-state index contributed by atoms with van der Waals surface area (Å²) in [5, 5.41) is 9.49. The first-order valence-electron chi connectivity index (χ1n) is 6.06. The van der Waals surface area contributed by atoms with Crippen LogP contribution in [-0.2, 0) is 0 Å². The average Bonchev–Trinajstić information content (AvgIpc) is 2.28. The second kappa shape index (κ2) is 6.17. The molecule has 0 aliphatic heterocycles. The van der Waals surface area contributed by atoms with Gasteiger partial charge in [-0.05, 0) is 31.0 Å². The van der Waals surface area contributed by atoms with Crippen molar-refractivity contribution >= 4 is 38.1 Å². The number of nitrogens with two attached hydrogens (primary N) is 1. The standard InChI is InChI=1S/C13H17Br2N2O/c14-10-5-9(6-11(15)7-10)8-17(16)12-1-3-13(18)4-2-12/h5-8,12-13,18H,1-4,16H2/q+1. The van der Waals surface area contributed by atoms with Crippen LogP contribution in [0.3, 0.4) is 0 Å². The summed E-state index contributed by atoms with van der Waals surface area (Å²) in [6.07, 6.45) is 5.39. The minimum absolute atomic E-state index is 0.144. The van der Waals surface area contributed by atoms with Crippen LogP contribution in [0, 0.1) is 0 Å². The van der Waals surface area contributed by atoms with Gasteiger partial charge in [-0.3, -0.25) is 0 Å². The number of aliphatic hydroxyl groups excluding tert-OH is 1. The highest BCUT2D eigenvalue weighted by atomic mass is 79.9. The second-order valence-corrected chi connectivity index (χ2v) is 6.57. The van der Waals surface area contributed by atoms with E-state index >= 15 is 0 Å². The van der Waals surface area contributed by atoms with E-state index in [0.717, 1.165) is 40.2 Å². The molecule has 1 aliphatic carbocycles. The van der Waals surface area contributed by atoms with E-state index in [0.29, 0.717) is 6.04 Å². The van der Waals surface area contributed by atoms with Crippen LogP contribution in [-0.4, -0.2) is 28.2 Å². The molecule has 3 N–H and O–H groups in total. The molecule has 0 atom stereocenters. The maximum atomic E-state index is 9.49. The third-order valence-electron chi connectivity index (χ3n) is 3.27. The van der Waals surface area contributed by atoms with Crippen molar-refractivity contribution in [3.8, 4) is 0 Å². The molecule has 0 saturated heterocycles. The molecule has 5 heteroatoms. The zero-order valence-electron chi connectivity index (χ0n) is 10.0. The lowest BCUT2D eigenvalue weighted by molar-refractivity contribution is -0.577. The fourth-order valence-corrected chi connectivity index (χ4v) is 3.61. The Balaban J connectivity index is 2.12. The summed E-state index contributed by atoms with van der Waals surface area (Å²) in [4.78, 5) is 0. The fourth-order valence-electron chi connectivity index (χ4n) is 2.28. The molecule has 1 aromatic rings. The Hall–Kier alpha value is -0.390. The first-order valence-corrected chi connectivity index (χ1v) is 7.65. The lowest BCUT2D eigenvalue weighted by Crippen LogP contribution is -2.37. The van der Waals surface area contributed by atoms with E-state index in [1.807, 2.05) is 24.4 Å². The summed E-state index contributed by atoms with van der Waals surface area (Å²) in [6, 6.07) is 6.38.